The Bertz CT molecular complexity index is 347. The van der Waals surface area contributed by atoms with E-state index >= 15 is 0 Å². The summed E-state index contributed by atoms with van der Waals surface area (Å²) in [6.07, 6.45) is 2.05. The Morgan fingerprint density at radius 2 is 2.20 bits per heavy atom. The van der Waals surface area contributed by atoms with E-state index in [0.29, 0.717) is 5.96 Å². The van der Waals surface area contributed by atoms with E-state index in [1.807, 2.05) is 38.3 Å². The lowest BCUT2D eigenvalue weighted by Crippen LogP contribution is -2.23. The standard InChI is InChI=1S/C11H17N3S/c1-8(2)13-11(12)14-9-5-4-6-10(7-9)15-3/h4-8H,1-3H3,(H3,12,13,14). The highest BCUT2D eigenvalue weighted by Crippen LogP contribution is 2.18. The lowest BCUT2D eigenvalue weighted by Gasteiger charge is -2.07. The van der Waals surface area contributed by atoms with Crippen molar-refractivity contribution >= 4 is 23.4 Å². The average molecular weight is 223 g/mol. The first-order chi connectivity index (χ1) is 7.11. The van der Waals surface area contributed by atoms with Crippen molar-refractivity contribution in [3.8, 4) is 0 Å². The topological polar surface area (TPSA) is 50.4 Å². The van der Waals surface area contributed by atoms with E-state index in [0.717, 1.165) is 5.69 Å². The van der Waals surface area contributed by atoms with Crippen LogP contribution in [0.4, 0.5) is 5.69 Å². The maximum atomic E-state index is 5.73. The van der Waals surface area contributed by atoms with Gasteiger partial charge in [-0.1, -0.05) is 6.07 Å². The van der Waals surface area contributed by atoms with Crippen LogP contribution in [0.3, 0.4) is 0 Å². The van der Waals surface area contributed by atoms with Crippen molar-refractivity contribution in [3.05, 3.63) is 24.3 Å². The van der Waals surface area contributed by atoms with Crippen LogP contribution in [0.25, 0.3) is 0 Å². The Kier molecular flexibility index (Phi) is 4.49. The zero-order valence-corrected chi connectivity index (χ0v) is 10.1. The van der Waals surface area contributed by atoms with E-state index in [-0.39, 0.29) is 6.04 Å². The fraction of sp³-hybridized carbons (Fsp3) is 0.364. The summed E-state index contributed by atoms with van der Waals surface area (Å²) in [5.41, 5.74) is 6.71. The Labute approximate surface area is 95.2 Å². The predicted octanol–water partition coefficient (Wildman–Crippen LogP) is 2.54. The third-order valence-electron chi connectivity index (χ3n) is 1.74. The first-order valence-electron chi connectivity index (χ1n) is 4.86. The van der Waals surface area contributed by atoms with Gasteiger partial charge in [0.05, 0.1) is 0 Å². The van der Waals surface area contributed by atoms with Crippen molar-refractivity contribution in [1.82, 2.24) is 0 Å². The molecule has 15 heavy (non-hydrogen) atoms. The SMILES string of the molecule is CSc1cccc(NC(N)=NC(C)C)c1. The molecule has 3 nitrogen and oxygen atoms in total. The van der Waals surface area contributed by atoms with Crippen molar-refractivity contribution < 1.29 is 0 Å². The summed E-state index contributed by atoms with van der Waals surface area (Å²) in [4.78, 5) is 5.41. The van der Waals surface area contributed by atoms with E-state index in [2.05, 4.69) is 16.4 Å². The van der Waals surface area contributed by atoms with Crippen LogP contribution in [0.2, 0.25) is 0 Å². The minimum atomic E-state index is 0.209. The molecule has 0 bridgehead atoms. The first-order valence-corrected chi connectivity index (χ1v) is 6.08. The van der Waals surface area contributed by atoms with Gasteiger partial charge in [0.2, 0.25) is 0 Å². The molecule has 0 radical (unpaired) electrons. The summed E-state index contributed by atoms with van der Waals surface area (Å²) < 4.78 is 0. The van der Waals surface area contributed by atoms with Crippen molar-refractivity contribution in [1.29, 1.82) is 0 Å². The summed E-state index contributed by atoms with van der Waals surface area (Å²) in [5, 5.41) is 3.06. The summed E-state index contributed by atoms with van der Waals surface area (Å²) in [6, 6.07) is 8.29. The Hall–Kier alpha value is -1.16. The predicted molar refractivity (Wildman–Crippen MR) is 68.6 cm³/mol. The number of nitrogens with zero attached hydrogens (tertiary/aromatic N) is 1. The molecular weight excluding hydrogens is 206 g/mol. The number of nitrogens with one attached hydrogen (secondary N) is 1. The van der Waals surface area contributed by atoms with Crippen molar-refractivity contribution in [2.75, 3.05) is 11.6 Å². The molecule has 0 fully saturated rings. The fourth-order valence-corrected chi connectivity index (χ4v) is 1.62. The number of guanidine groups is 1. The zero-order chi connectivity index (χ0) is 11.3. The van der Waals surface area contributed by atoms with Gasteiger partial charge in [-0.25, -0.2) is 0 Å². The van der Waals surface area contributed by atoms with Gasteiger partial charge >= 0.3 is 0 Å². The van der Waals surface area contributed by atoms with Gasteiger partial charge in [0.1, 0.15) is 0 Å². The van der Waals surface area contributed by atoms with Crippen molar-refractivity contribution in [3.63, 3.8) is 0 Å². The van der Waals surface area contributed by atoms with Crippen LogP contribution in [-0.4, -0.2) is 18.3 Å². The number of benzene rings is 1. The number of hydrogen-bond donors (Lipinski definition) is 2. The zero-order valence-electron chi connectivity index (χ0n) is 9.32. The highest BCUT2D eigenvalue weighted by atomic mass is 32.2. The number of hydrogen-bond acceptors (Lipinski definition) is 2. The normalized spacial score (nSPS) is 11.9. The summed E-state index contributed by atoms with van der Waals surface area (Å²) in [7, 11) is 0. The van der Waals surface area contributed by atoms with Crippen LogP contribution < -0.4 is 11.1 Å². The van der Waals surface area contributed by atoms with Gasteiger partial charge in [0.15, 0.2) is 5.96 Å². The van der Waals surface area contributed by atoms with E-state index in [4.69, 9.17) is 5.73 Å². The molecule has 0 aliphatic rings. The molecule has 1 aromatic carbocycles. The number of rotatable bonds is 3. The number of aliphatic imine (C=N–C) groups is 1. The van der Waals surface area contributed by atoms with Crippen LogP contribution in [0.1, 0.15) is 13.8 Å². The van der Waals surface area contributed by atoms with Crippen molar-refractivity contribution in [2.24, 2.45) is 10.7 Å². The summed E-state index contributed by atoms with van der Waals surface area (Å²) in [5.74, 6) is 0.461. The molecule has 0 aromatic heterocycles. The third-order valence-corrected chi connectivity index (χ3v) is 2.46. The number of thioether (sulfide) groups is 1. The van der Waals surface area contributed by atoms with Crippen LogP contribution in [0.15, 0.2) is 34.2 Å². The van der Waals surface area contributed by atoms with Gasteiger partial charge < -0.3 is 11.1 Å². The summed E-state index contributed by atoms with van der Waals surface area (Å²) >= 11 is 1.70. The monoisotopic (exact) mass is 223 g/mol. The smallest absolute Gasteiger partial charge is 0.193 e. The summed E-state index contributed by atoms with van der Waals surface area (Å²) in [6.45, 7) is 3.99. The minimum Gasteiger partial charge on any atom is -0.370 e. The minimum absolute atomic E-state index is 0.209. The molecule has 0 aliphatic carbocycles. The van der Waals surface area contributed by atoms with E-state index in [1.165, 1.54) is 4.90 Å². The molecule has 0 unspecified atom stereocenters. The number of nitrogens with two attached hydrogens (primary N) is 1. The van der Waals surface area contributed by atoms with Gasteiger partial charge in [-0.05, 0) is 38.3 Å². The molecule has 3 N–H and O–H groups in total. The highest BCUT2D eigenvalue weighted by Gasteiger charge is 1.97. The largest absolute Gasteiger partial charge is 0.370 e. The van der Waals surface area contributed by atoms with E-state index in [1.54, 1.807) is 11.8 Å². The van der Waals surface area contributed by atoms with E-state index in [9.17, 15) is 0 Å². The lowest BCUT2D eigenvalue weighted by molar-refractivity contribution is 0.833. The Morgan fingerprint density at radius 3 is 2.80 bits per heavy atom. The van der Waals surface area contributed by atoms with Gasteiger partial charge in [-0.3, -0.25) is 4.99 Å². The fourth-order valence-electron chi connectivity index (χ4n) is 1.16. The molecular formula is C11H17N3S. The van der Waals surface area contributed by atoms with E-state index < -0.39 is 0 Å². The second-order valence-corrected chi connectivity index (χ2v) is 4.34. The van der Waals surface area contributed by atoms with Crippen LogP contribution in [-0.2, 0) is 0 Å². The van der Waals surface area contributed by atoms with Crippen LogP contribution >= 0.6 is 11.8 Å². The second-order valence-electron chi connectivity index (χ2n) is 3.47. The molecule has 0 spiro atoms. The first kappa shape index (κ1) is 11.9. The molecule has 0 heterocycles. The van der Waals surface area contributed by atoms with Gasteiger partial charge in [0, 0.05) is 16.6 Å². The number of anilines is 1. The molecule has 0 saturated heterocycles. The third kappa shape index (κ3) is 4.25. The van der Waals surface area contributed by atoms with Crippen LogP contribution in [0, 0.1) is 0 Å². The Morgan fingerprint density at radius 1 is 1.47 bits per heavy atom. The second kappa shape index (κ2) is 5.66. The molecule has 1 aromatic rings. The maximum absolute atomic E-state index is 5.73. The van der Waals surface area contributed by atoms with Gasteiger partial charge in [0.25, 0.3) is 0 Å². The quantitative estimate of drug-likeness (QED) is 0.470. The van der Waals surface area contributed by atoms with Gasteiger partial charge in [-0.15, -0.1) is 11.8 Å². The molecule has 0 atom stereocenters. The highest BCUT2D eigenvalue weighted by molar-refractivity contribution is 7.98. The van der Waals surface area contributed by atoms with Crippen LogP contribution in [0.5, 0.6) is 0 Å². The molecule has 1 rings (SSSR count). The average Bonchev–Trinajstić information content (AvgIpc) is 2.16. The van der Waals surface area contributed by atoms with Gasteiger partial charge in [-0.2, -0.15) is 0 Å². The molecule has 0 saturated carbocycles. The maximum Gasteiger partial charge on any atom is 0.193 e. The van der Waals surface area contributed by atoms with Crippen molar-refractivity contribution in [2.45, 2.75) is 24.8 Å². The molecule has 0 amide bonds. The lowest BCUT2D eigenvalue weighted by atomic mass is 10.3. The molecule has 82 valence electrons. The molecule has 0 aliphatic heterocycles. The molecule has 4 heteroatoms. The Balaban J connectivity index is 2.72.